The Hall–Kier alpha value is -1.94. The second-order valence-electron chi connectivity index (χ2n) is 5.45. The van der Waals surface area contributed by atoms with Crippen LogP contribution in [0.4, 0.5) is 17.2 Å². The Morgan fingerprint density at radius 1 is 1.33 bits per heavy atom. The largest absolute Gasteiger partial charge is 0.476 e. The molecular formula is C16H18ClN3O. The van der Waals surface area contributed by atoms with E-state index < -0.39 is 0 Å². The van der Waals surface area contributed by atoms with Gasteiger partial charge in [-0.2, -0.15) is 4.98 Å². The molecule has 5 heteroatoms. The first-order valence-corrected chi connectivity index (χ1v) is 7.42. The predicted molar refractivity (Wildman–Crippen MR) is 86.3 cm³/mol. The van der Waals surface area contributed by atoms with Crippen LogP contribution >= 0.6 is 11.6 Å². The number of pyridine rings is 1. The van der Waals surface area contributed by atoms with Crippen molar-refractivity contribution in [2.45, 2.75) is 19.8 Å². The maximum absolute atomic E-state index is 6.22. The zero-order valence-corrected chi connectivity index (χ0v) is 12.7. The first-order valence-electron chi connectivity index (χ1n) is 7.04. The molecule has 1 heterocycles. The third-order valence-corrected chi connectivity index (χ3v) is 3.74. The number of halogens is 1. The van der Waals surface area contributed by atoms with Gasteiger partial charge < -0.3 is 15.8 Å². The van der Waals surface area contributed by atoms with Gasteiger partial charge in [0.2, 0.25) is 5.88 Å². The van der Waals surface area contributed by atoms with Gasteiger partial charge in [-0.15, -0.1) is 0 Å². The standard InChI is InChI=1S/C16H18ClN3O/c1-10-2-6-14(12(17)8-10)19-15-7-5-13(18)16(20-15)21-9-11-3-4-11/h2,5-8,11H,3-4,9,18H2,1H3,(H,19,20). The quantitative estimate of drug-likeness (QED) is 0.871. The minimum absolute atomic E-state index is 0.482. The Kier molecular flexibility index (Phi) is 3.88. The molecule has 3 N–H and O–H groups in total. The van der Waals surface area contributed by atoms with Crippen molar-refractivity contribution >= 4 is 28.8 Å². The highest BCUT2D eigenvalue weighted by Gasteiger charge is 2.22. The summed E-state index contributed by atoms with van der Waals surface area (Å²) in [5, 5.41) is 3.85. The highest BCUT2D eigenvalue weighted by molar-refractivity contribution is 6.33. The molecule has 110 valence electrons. The second kappa shape index (κ2) is 5.82. The van der Waals surface area contributed by atoms with E-state index in [1.165, 1.54) is 12.8 Å². The topological polar surface area (TPSA) is 60.2 Å². The molecule has 3 rings (SSSR count). The van der Waals surface area contributed by atoms with Crippen LogP contribution in [0.2, 0.25) is 5.02 Å². The Morgan fingerprint density at radius 2 is 2.14 bits per heavy atom. The molecule has 0 saturated heterocycles. The molecule has 4 nitrogen and oxygen atoms in total. The fourth-order valence-electron chi connectivity index (χ4n) is 1.98. The number of nitrogens with two attached hydrogens (primary N) is 1. The summed E-state index contributed by atoms with van der Waals surface area (Å²) in [4.78, 5) is 4.41. The van der Waals surface area contributed by atoms with Crippen LogP contribution in [0.25, 0.3) is 0 Å². The molecule has 0 aliphatic heterocycles. The molecule has 1 aliphatic carbocycles. The van der Waals surface area contributed by atoms with Crippen LogP contribution in [0.15, 0.2) is 30.3 Å². The first kappa shape index (κ1) is 14.0. The molecule has 2 aromatic rings. The van der Waals surface area contributed by atoms with Crippen LogP contribution in [0.1, 0.15) is 18.4 Å². The summed E-state index contributed by atoms with van der Waals surface area (Å²) in [6, 6.07) is 9.44. The maximum Gasteiger partial charge on any atom is 0.239 e. The molecule has 1 aromatic carbocycles. The van der Waals surface area contributed by atoms with Crippen molar-refractivity contribution in [2.24, 2.45) is 5.92 Å². The lowest BCUT2D eigenvalue weighted by Gasteiger charge is -2.12. The number of nitrogens with one attached hydrogen (secondary N) is 1. The number of hydrogen-bond acceptors (Lipinski definition) is 4. The van der Waals surface area contributed by atoms with E-state index in [1.807, 2.05) is 31.2 Å². The summed E-state index contributed by atoms with van der Waals surface area (Å²) >= 11 is 6.22. The maximum atomic E-state index is 6.22. The van der Waals surface area contributed by atoms with Crippen molar-refractivity contribution < 1.29 is 4.74 Å². The van der Waals surface area contributed by atoms with Crippen LogP contribution in [0.5, 0.6) is 5.88 Å². The first-order chi connectivity index (χ1) is 10.1. The number of aryl methyl sites for hydroxylation is 1. The molecule has 0 bridgehead atoms. The number of anilines is 3. The van der Waals surface area contributed by atoms with Gasteiger partial charge in [0, 0.05) is 0 Å². The van der Waals surface area contributed by atoms with Gasteiger partial charge >= 0.3 is 0 Å². The predicted octanol–water partition coefficient (Wildman–Crippen LogP) is 4.16. The van der Waals surface area contributed by atoms with E-state index >= 15 is 0 Å². The zero-order chi connectivity index (χ0) is 14.8. The zero-order valence-electron chi connectivity index (χ0n) is 11.9. The van der Waals surface area contributed by atoms with Gasteiger partial charge in [-0.1, -0.05) is 17.7 Å². The van der Waals surface area contributed by atoms with E-state index in [0.29, 0.717) is 34.9 Å². The van der Waals surface area contributed by atoms with Gasteiger partial charge in [-0.3, -0.25) is 0 Å². The van der Waals surface area contributed by atoms with Crippen LogP contribution in [-0.2, 0) is 0 Å². The van der Waals surface area contributed by atoms with Gasteiger partial charge in [0.15, 0.2) is 0 Å². The van der Waals surface area contributed by atoms with E-state index in [2.05, 4.69) is 10.3 Å². The average molecular weight is 304 g/mol. The van der Waals surface area contributed by atoms with Crippen LogP contribution in [0, 0.1) is 12.8 Å². The number of nitrogens with zero attached hydrogens (tertiary/aromatic N) is 1. The van der Waals surface area contributed by atoms with Crippen LogP contribution in [-0.4, -0.2) is 11.6 Å². The van der Waals surface area contributed by atoms with Crippen LogP contribution in [0.3, 0.4) is 0 Å². The molecule has 1 saturated carbocycles. The summed E-state index contributed by atoms with van der Waals surface area (Å²) in [6.07, 6.45) is 2.47. The summed E-state index contributed by atoms with van der Waals surface area (Å²) in [5.41, 5.74) is 8.38. The molecule has 0 spiro atoms. The lowest BCUT2D eigenvalue weighted by atomic mass is 10.2. The second-order valence-corrected chi connectivity index (χ2v) is 5.86. The van der Waals surface area contributed by atoms with Gasteiger partial charge in [0.1, 0.15) is 5.82 Å². The summed E-state index contributed by atoms with van der Waals surface area (Å²) < 4.78 is 5.68. The molecule has 1 aromatic heterocycles. The lowest BCUT2D eigenvalue weighted by Crippen LogP contribution is -2.05. The third kappa shape index (κ3) is 3.58. The van der Waals surface area contributed by atoms with Crippen LogP contribution < -0.4 is 15.8 Å². The van der Waals surface area contributed by atoms with E-state index in [9.17, 15) is 0 Å². The molecule has 0 amide bonds. The van der Waals surface area contributed by atoms with Crippen molar-refractivity contribution in [1.29, 1.82) is 0 Å². The summed E-state index contributed by atoms with van der Waals surface area (Å²) in [7, 11) is 0. The number of benzene rings is 1. The Balaban J connectivity index is 1.76. The van der Waals surface area contributed by atoms with E-state index in [0.717, 1.165) is 11.3 Å². The minimum Gasteiger partial charge on any atom is -0.476 e. The van der Waals surface area contributed by atoms with Crippen molar-refractivity contribution in [3.8, 4) is 5.88 Å². The highest BCUT2D eigenvalue weighted by atomic mass is 35.5. The van der Waals surface area contributed by atoms with Gasteiger partial charge in [0.25, 0.3) is 0 Å². The van der Waals surface area contributed by atoms with Gasteiger partial charge in [-0.05, 0) is 55.5 Å². The normalized spacial score (nSPS) is 14.0. The molecule has 1 aliphatic rings. The summed E-state index contributed by atoms with van der Waals surface area (Å²) in [6.45, 7) is 2.69. The smallest absolute Gasteiger partial charge is 0.239 e. The monoisotopic (exact) mass is 303 g/mol. The number of nitrogen functional groups attached to an aromatic ring is 1. The average Bonchev–Trinajstić information content (AvgIpc) is 3.26. The van der Waals surface area contributed by atoms with Crippen molar-refractivity contribution in [3.63, 3.8) is 0 Å². The molecule has 0 atom stereocenters. The minimum atomic E-state index is 0.482. The van der Waals surface area contributed by atoms with Gasteiger partial charge in [-0.25, -0.2) is 0 Å². The highest BCUT2D eigenvalue weighted by Crippen LogP contribution is 2.31. The molecule has 1 fully saturated rings. The number of ether oxygens (including phenoxy) is 1. The van der Waals surface area contributed by atoms with E-state index in [4.69, 9.17) is 22.1 Å². The molecule has 21 heavy (non-hydrogen) atoms. The molecular weight excluding hydrogens is 286 g/mol. The molecule has 0 radical (unpaired) electrons. The Morgan fingerprint density at radius 3 is 2.86 bits per heavy atom. The Labute approximate surface area is 129 Å². The number of hydrogen-bond donors (Lipinski definition) is 2. The van der Waals surface area contributed by atoms with Gasteiger partial charge in [0.05, 0.1) is 23.0 Å². The fraction of sp³-hybridized carbons (Fsp3) is 0.312. The third-order valence-electron chi connectivity index (χ3n) is 3.43. The van der Waals surface area contributed by atoms with E-state index in [1.54, 1.807) is 6.07 Å². The van der Waals surface area contributed by atoms with Crippen molar-refractivity contribution in [2.75, 3.05) is 17.7 Å². The van der Waals surface area contributed by atoms with Crippen molar-refractivity contribution in [1.82, 2.24) is 4.98 Å². The van der Waals surface area contributed by atoms with E-state index in [-0.39, 0.29) is 0 Å². The number of rotatable bonds is 5. The Bertz CT molecular complexity index is 656. The SMILES string of the molecule is Cc1ccc(Nc2ccc(N)c(OCC3CC3)n2)c(Cl)c1. The number of aromatic nitrogens is 1. The lowest BCUT2D eigenvalue weighted by molar-refractivity contribution is 0.290. The molecule has 0 unspecified atom stereocenters. The van der Waals surface area contributed by atoms with Crippen molar-refractivity contribution in [3.05, 3.63) is 40.9 Å². The summed E-state index contributed by atoms with van der Waals surface area (Å²) in [5.74, 6) is 1.81. The fourth-order valence-corrected chi connectivity index (χ4v) is 2.26.